The highest BCUT2D eigenvalue weighted by Crippen LogP contribution is 2.38. The monoisotopic (exact) mass is 353 g/mol. The molecule has 0 bridgehead atoms. The average Bonchev–Trinajstić information content (AvgIpc) is 2.62. The fourth-order valence-corrected chi connectivity index (χ4v) is 4.73. The SMILES string of the molecule is CCCCC(CC)CC(N)(CC(CC)CCCC)C(CC)CCCC. The number of rotatable bonds is 17. The van der Waals surface area contributed by atoms with Crippen molar-refractivity contribution in [1.29, 1.82) is 0 Å². The summed E-state index contributed by atoms with van der Waals surface area (Å²) in [6.07, 6.45) is 18.5. The van der Waals surface area contributed by atoms with Gasteiger partial charge < -0.3 is 5.73 Å². The first-order valence-corrected chi connectivity index (χ1v) is 11.8. The molecule has 152 valence electrons. The van der Waals surface area contributed by atoms with Crippen molar-refractivity contribution in [2.45, 2.75) is 137 Å². The van der Waals surface area contributed by atoms with Gasteiger partial charge in [-0.05, 0) is 37.0 Å². The Hall–Kier alpha value is -0.0400. The van der Waals surface area contributed by atoms with Crippen molar-refractivity contribution in [2.75, 3.05) is 0 Å². The van der Waals surface area contributed by atoms with Crippen LogP contribution < -0.4 is 5.73 Å². The smallest absolute Gasteiger partial charge is 0.0188 e. The van der Waals surface area contributed by atoms with E-state index in [0.717, 1.165) is 11.8 Å². The van der Waals surface area contributed by atoms with Gasteiger partial charge in [0.05, 0.1) is 0 Å². The quantitative estimate of drug-likeness (QED) is 0.281. The van der Waals surface area contributed by atoms with Crippen LogP contribution in [0.25, 0.3) is 0 Å². The lowest BCUT2D eigenvalue weighted by Gasteiger charge is -2.42. The van der Waals surface area contributed by atoms with E-state index in [1.807, 2.05) is 0 Å². The molecule has 0 saturated carbocycles. The standard InChI is InChI=1S/C24H51N/c1-7-13-16-21(10-4)19-24(25,23(12-6)18-15-9-3)20-22(11-5)17-14-8-2/h21-23H,7-20,25H2,1-6H3. The molecule has 0 aliphatic rings. The highest BCUT2D eigenvalue weighted by Gasteiger charge is 2.36. The van der Waals surface area contributed by atoms with Gasteiger partial charge in [-0.2, -0.15) is 0 Å². The van der Waals surface area contributed by atoms with Crippen LogP contribution >= 0.6 is 0 Å². The van der Waals surface area contributed by atoms with E-state index in [0.29, 0.717) is 5.92 Å². The largest absolute Gasteiger partial charge is 0.325 e. The van der Waals surface area contributed by atoms with Gasteiger partial charge in [0.1, 0.15) is 0 Å². The first-order chi connectivity index (χ1) is 12.0. The van der Waals surface area contributed by atoms with E-state index in [2.05, 4.69) is 41.5 Å². The first kappa shape index (κ1) is 25.0. The van der Waals surface area contributed by atoms with E-state index in [4.69, 9.17) is 5.73 Å². The second-order valence-corrected chi connectivity index (χ2v) is 8.72. The number of hydrogen-bond donors (Lipinski definition) is 1. The fourth-order valence-electron chi connectivity index (χ4n) is 4.73. The summed E-state index contributed by atoms with van der Waals surface area (Å²) < 4.78 is 0. The molecule has 0 amide bonds. The zero-order valence-corrected chi connectivity index (χ0v) is 18.7. The number of unbranched alkanes of at least 4 members (excludes halogenated alkanes) is 3. The highest BCUT2D eigenvalue weighted by molar-refractivity contribution is 4.94. The molecular formula is C24H51N. The van der Waals surface area contributed by atoms with Crippen molar-refractivity contribution in [2.24, 2.45) is 23.5 Å². The van der Waals surface area contributed by atoms with Gasteiger partial charge >= 0.3 is 0 Å². The third-order valence-corrected chi connectivity index (χ3v) is 6.64. The van der Waals surface area contributed by atoms with Crippen molar-refractivity contribution in [3.05, 3.63) is 0 Å². The molecule has 25 heavy (non-hydrogen) atoms. The molecule has 1 heteroatoms. The Morgan fingerprint density at radius 2 is 1.00 bits per heavy atom. The van der Waals surface area contributed by atoms with Gasteiger partial charge in [-0.25, -0.2) is 0 Å². The van der Waals surface area contributed by atoms with Gasteiger partial charge in [0, 0.05) is 5.54 Å². The van der Waals surface area contributed by atoms with Crippen molar-refractivity contribution in [3.8, 4) is 0 Å². The van der Waals surface area contributed by atoms with Gasteiger partial charge in [-0.1, -0.05) is 112 Å². The van der Waals surface area contributed by atoms with Gasteiger partial charge in [-0.3, -0.25) is 0 Å². The van der Waals surface area contributed by atoms with Gasteiger partial charge in [0.15, 0.2) is 0 Å². The minimum Gasteiger partial charge on any atom is -0.325 e. The maximum atomic E-state index is 7.29. The summed E-state index contributed by atoms with van der Waals surface area (Å²) in [5.41, 5.74) is 7.35. The van der Waals surface area contributed by atoms with Crippen molar-refractivity contribution in [3.63, 3.8) is 0 Å². The molecule has 0 heterocycles. The normalized spacial score (nSPS) is 17.9. The molecule has 0 aliphatic heterocycles. The maximum absolute atomic E-state index is 7.29. The van der Waals surface area contributed by atoms with Crippen LogP contribution in [0.5, 0.6) is 0 Å². The Morgan fingerprint density at radius 3 is 1.32 bits per heavy atom. The first-order valence-electron chi connectivity index (χ1n) is 11.8. The second kappa shape index (κ2) is 15.1. The van der Waals surface area contributed by atoms with Crippen LogP contribution in [0.1, 0.15) is 131 Å². The predicted molar refractivity (Wildman–Crippen MR) is 116 cm³/mol. The van der Waals surface area contributed by atoms with Crippen LogP contribution in [-0.2, 0) is 0 Å². The summed E-state index contributed by atoms with van der Waals surface area (Å²) in [4.78, 5) is 0. The summed E-state index contributed by atoms with van der Waals surface area (Å²) in [6.45, 7) is 14.1. The molecule has 0 aromatic rings. The third-order valence-electron chi connectivity index (χ3n) is 6.64. The summed E-state index contributed by atoms with van der Waals surface area (Å²) in [5.74, 6) is 2.35. The molecule has 0 saturated heterocycles. The number of hydrogen-bond acceptors (Lipinski definition) is 1. The van der Waals surface area contributed by atoms with Gasteiger partial charge in [-0.15, -0.1) is 0 Å². The van der Waals surface area contributed by atoms with Crippen LogP contribution in [0.2, 0.25) is 0 Å². The van der Waals surface area contributed by atoms with Crippen LogP contribution in [0.15, 0.2) is 0 Å². The summed E-state index contributed by atoms with van der Waals surface area (Å²) >= 11 is 0. The van der Waals surface area contributed by atoms with Crippen molar-refractivity contribution >= 4 is 0 Å². The lowest BCUT2D eigenvalue weighted by atomic mass is 9.68. The summed E-state index contributed by atoms with van der Waals surface area (Å²) in [5, 5.41) is 0. The molecule has 2 N–H and O–H groups in total. The van der Waals surface area contributed by atoms with Crippen LogP contribution in [-0.4, -0.2) is 5.54 Å². The zero-order chi connectivity index (χ0) is 19.1. The lowest BCUT2D eigenvalue weighted by molar-refractivity contribution is 0.145. The Balaban J connectivity index is 5.21. The molecular weight excluding hydrogens is 302 g/mol. The topological polar surface area (TPSA) is 26.0 Å². The minimum atomic E-state index is 0.0623. The van der Waals surface area contributed by atoms with Crippen LogP contribution in [0, 0.1) is 17.8 Å². The molecule has 0 radical (unpaired) electrons. The summed E-state index contributed by atoms with van der Waals surface area (Å²) in [6, 6.07) is 0. The van der Waals surface area contributed by atoms with Crippen molar-refractivity contribution < 1.29 is 0 Å². The number of nitrogens with two attached hydrogens (primary N) is 1. The molecule has 3 atom stereocenters. The van der Waals surface area contributed by atoms with E-state index < -0.39 is 0 Å². The Morgan fingerprint density at radius 1 is 0.600 bits per heavy atom. The Labute approximate surface area is 160 Å². The predicted octanol–water partition coefficient (Wildman–Crippen LogP) is 8.11. The Kier molecular flexibility index (Phi) is 15.0. The molecule has 1 nitrogen and oxygen atoms in total. The maximum Gasteiger partial charge on any atom is 0.0188 e. The zero-order valence-electron chi connectivity index (χ0n) is 18.7. The van der Waals surface area contributed by atoms with E-state index >= 15 is 0 Å². The summed E-state index contributed by atoms with van der Waals surface area (Å²) in [7, 11) is 0. The minimum absolute atomic E-state index is 0.0623. The lowest BCUT2D eigenvalue weighted by Crippen LogP contribution is -2.50. The van der Waals surface area contributed by atoms with E-state index in [-0.39, 0.29) is 5.54 Å². The Bertz CT molecular complexity index is 268. The molecule has 0 rings (SSSR count). The van der Waals surface area contributed by atoms with Gasteiger partial charge in [0.2, 0.25) is 0 Å². The second-order valence-electron chi connectivity index (χ2n) is 8.72. The molecule has 0 aromatic heterocycles. The molecule has 0 fully saturated rings. The molecule has 3 unspecified atom stereocenters. The van der Waals surface area contributed by atoms with Gasteiger partial charge in [0.25, 0.3) is 0 Å². The third kappa shape index (κ3) is 10.0. The van der Waals surface area contributed by atoms with Crippen LogP contribution in [0.4, 0.5) is 0 Å². The van der Waals surface area contributed by atoms with E-state index in [1.54, 1.807) is 0 Å². The van der Waals surface area contributed by atoms with Crippen LogP contribution in [0.3, 0.4) is 0 Å². The molecule has 0 aliphatic carbocycles. The van der Waals surface area contributed by atoms with Crippen molar-refractivity contribution in [1.82, 2.24) is 0 Å². The van der Waals surface area contributed by atoms with E-state index in [9.17, 15) is 0 Å². The molecule has 0 aromatic carbocycles. The van der Waals surface area contributed by atoms with E-state index in [1.165, 1.54) is 89.9 Å². The fraction of sp³-hybridized carbons (Fsp3) is 1.00. The highest BCUT2D eigenvalue weighted by atomic mass is 14.8. The average molecular weight is 354 g/mol. The molecule has 0 spiro atoms.